The molecule has 2 unspecified atom stereocenters. The van der Waals surface area contributed by atoms with Crippen LogP contribution in [0.2, 0.25) is 0 Å². The largest absolute Gasteiger partial charge is 0.466 e. The van der Waals surface area contributed by atoms with E-state index in [1.807, 2.05) is 0 Å². The smallest absolute Gasteiger partial charge is 0.305 e. The predicted octanol–water partition coefficient (Wildman–Crippen LogP) is 24.8. The Hall–Kier alpha value is -2.18. The number of esters is 1. The van der Waals surface area contributed by atoms with Crippen LogP contribution in [-0.4, -0.2) is 47.4 Å². The molecule has 6 nitrogen and oxygen atoms in total. The number of amides is 1. The summed E-state index contributed by atoms with van der Waals surface area (Å²) in [5, 5.41) is 23.3. The Balaban J connectivity index is 3.36. The number of unbranched alkanes of at least 4 members (excludes halogenated alkanes) is 52. The highest BCUT2D eigenvalue weighted by Gasteiger charge is 2.20. The van der Waals surface area contributed by atoms with Gasteiger partial charge in [0.2, 0.25) is 5.91 Å². The highest BCUT2D eigenvalue weighted by Crippen LogP contribution is 2.19. The third-order valence-electron chi connectivity index (χ3n) is 17.6. The Kier molecular flexibility index (Phi) is 71.4. The van der Waals surface area contributed by atoms with Crippen LogP contribution in [0.25, 0.3) is 0 Å². The molecular weight excluding hydrogens is 1030 g/mol. The van der Waals surface area contributed by atoms with E-state index < -0.39 is 12.1 Å². The molecule has 0 heterocycles. The van der Waals surface area contributed by atoms with Crippen LogP contribution in [0.1, 0.15) is 412 Å². The van der Waals surface area contributed by atoms with E-state index in [0.717, 1.165) is 57.8 Å². The van der Waals surface area contributed by atoms with E-state index in [4.69, 9.17) is 4.74 Å². The number of aliphatic hydroxyl groups excluding tert-OH is 2. The number of hydrogen-bond donors (Lipinski definition) is 3. The van der Waals surface area contributed by atoms with Gasteiger partial charge in [-0.25, -0.2) is 0 Å². The summed E-state index contributed by atoms with van der Waals surface area (Å²) in [6, 6.07) is -0.540. The minimum Gasteiger partial charge on any atom is -0.466 e. The number of rotatable bonds is 71. The van der Waals surface area contributed by atoms with Crippen molar-refractivity contribution in [2.24, 2.45) is 0 Å². The average molecular weight is 1180 g/mol. The van der Waals surface area contributed by atoms with E-state index >= 15 is 0 Å². The molecule has 0 radical (unpaired) electrons. The third-order valence-corrected chi connectivity index (χ3v) is 17.6. The van der Waals surface area contributed by atoms with E-state index in [0.29, 0.717) is 25.9 Å². The second kappa shape index (κ2) is 73.3. The third kappa shape index (κ3) is 68.9. The van der Waals surface area contributed by atoms with Gasteiger partial charge < -0.3 is 20.3 Å². The maximum atomic E-state index is 12.5. The van der Waals surface area contributed by atoms with Gasteiger partial charge in [0.15, 0.2) is 0 Å². The van der Waals surface area contributed by atoms with Crippen molar-refractivity contribution >= 4 is 11.9 Å². The monoisotopic (exact) mass is 1180 g/mol. The summed E-state index contributed by atoms with van der Waals surface area (Å²) in [4.78, 5) is 24.6. The lowest BCUT2D eigenvalue weighted by molar-refractivity contribution is -0.143. The average Bonchev–Trinajstić information content (AvgIpc) is 3.53. The van der Waals surface area contributed by atoms with Gasteiger partial charge in [0.25, 0.3) is 0 Å². The van der Waals surface area contributed by atoms with Crippen LogP contribution >= 0.6 is 0 Å². The molecule has 0 aliphatic rings. The molecule has 0 aromatic rings. The van der Waals surface area contributed by atoms with Crippen LogP contribution in [0.15, 0.2) is 48.6 Å². The zero-order valence-corrected chi connectivity index (χ0v) is 56.6. The van der Waals surface area contributed by atoms with Crippen LogP contribution in [0, 0.1) is 0 Å². The number of allylic oxidation sites excluding steroid dienone is 8. The topological polar surface area (TPSA) is 95.9 Å². The quantitative estimate of drug-likeness (QED) is 0.0320. The molecule has 84 heavy (non-hydrogen) atoms. The second-order valence-electron chi connectivity index (χ2n) is 26.0. The first-order valence-corrected chi connectivity index (χ1v) is 37.9. The number of hydrogen-bond acceptors (Lipinski definition) is 5. The SMILES string of the molecule is CCCCC/C=C\C/C=C\CCCCCCCCCC(=O)OCCCCCCCCCCCCC/C=C\C/C=C\CCCCCCCCCCCCCCCCCCCC(=O)NC(CO)C(O)CCCCCCCCCCCCCCCCC. The first kappa shape index (κ1) is 81.8. The van der Waals surface area contributed by atoms with Crippen molar-refractivity contribution in [3.8, 4) is 0 Å². The summed E-state index contributed by atoms with van der Waals surface area (Å²) in [7, 11) is 0. The number of nitrogens with one attached hydrogen (secondary N) is 1. The molecule has 0 fully saturated rings. The lowest BCUT2D eigenvalue weighted by Gasteiger charge is -2.22. The molecule has 2 atom stereocenters. The van der Waals surface area contributed by atoms with E-state index in [-0.39, 0.29) is 18.5 Å². The Bertz CT molecular complexity index is 1400. The minimum atomic E-state index is -0.663. The Morgan fingerprint density at radius 3 is 0.929 bits per heavy atom. The minimum absolute atomic E-state index is 0.00927. The Morgan fingerprint density at radius 1 is 0.333 bits per heavy atom. The first-order valence-electron chi connectivity index (χ1n) is 37.9. The molecule has 3 N–H and O–H groups in total. The first-order chi connectivity index (χ1) is 41.5. The van der Waals surface area contributed by atoms with Crippen molar-refractivity contribution in [2.75, 3.05) is 13.2 Å². The predicted molar refractivity (Wildman–Crippen MR) is 370 cm³/mol. The van der Waals surface area contributed by atoms with Gasteiger partial charge in [-0.15, -0.1) is 0 Å². The fourth-order valence-corrected chi connectivity index (χ4v) is 11.8. The van der Waals surface area contributed by atoms with Crippen molar-refractivity contribution in [1.29, 1.82) is 0 Å². The second-order valence-corrected chi connectivity index (χ2v) is 26.0. The molecule has 0 aromatic heterocycles. The van der Waals surface area contributed by atoms with E-state index in [2.05, 4.69) is 67.8 Å². The normalized spacial score (nSPS) is 12.8. The number of carbonyl (C=O) groups excluding carboxylic acids is 2. The lowest BCUT2D eigenvalue weighted by Crippen LogP contribution is -2.45. The molecule has 0 bridgehead atoms. The summed E-state index contributed by atoms with van der Waals surface area (Å²) in [5.74, 6) is -0.0207. The van der Waals surface area contributed by atoms with Crippen molar-refractivity contribution in [2.45, 2.75) is 424 Å². The van der Waals surface area contributed by atoms with Gasteiger partial charge in [-0.3, -0.25) is 9.59 Å². The number of ether oxygens (including phenoxy) is 1. The lowest BCUT2D eigenvalue weighted by atomic mass is 10.0. The summed E-state index contributed by atoms with van der Waals surface area (Å²) in [6.07, 6.45) is 96.1. The van der Waals surface area contributed by atoms with Crippen LogP contribution < -0.4 is 5.32 Å². The molecule has 6 heteroatoms. The highest BCUT2D eigenvalue weighted by atomic mass is 16.5. The van der Waals surface area contributed by atoms with E-state index in [9.17, 15) is 19.8 Å². The van der Waals surface area contributed by atoms with Gasteiger partial charge >= 0.3 is 5.97 Å². The zero-order chi connectivity index (χ0) is 60.6. The van der Waals surface area contributed by atoms with Crippen molar-refractivity contribution in [3.05, 3.63) is 48.6 Å². The zero-order valence-electron chi connectivity index (χ0n) is 56.6. The van der Waals surface area contributed by atoms with Gasteiger partial charge in [-0.05, 0) is 89.9 Å². The molecule has 0 aliphatic carbocycles. The summed E-state index contributed by atoms with van der Waals surface area (Å²) >= 11 is 0. The molecule has 0 saturated carbocycles. The molecule has 1 amide bonds. The van der Waals surface area contributed by atoms with E-state index in [1.165, 1.54) is 321 Å². The van der Waals surface area contributed by atoms with Crippen LogP contribution in [-0.2, 0) is 14.3 Å². The van der Waals surface area contributed by atoms with Crippen LogP contribution in [0.4, 0.5) is 0 Å². The standard InChI is InChI=1S/C78H147NO5/c1-3-5-7-9-11-13-15-17-19-39-44-48-52-56-60-64-68-72-78(83)84-73-69-65-61-57-53-49-45-41-38-36-34-32-30-28-26-24-22-20-21-23-25-27-29-31-33-35-37-40-43-47-51-55-59-63-67-71-77(82)79-75(74-80)76(81)70-66-62-58-54-50-46-42-18-16-14-12-10-8-6-4-2/h11,13,17,19,22,24,28,30,75-76,80-81H,3-10,12,14-16,18,20-21,23,25-27,29,31-74H2,1-2H3,(H,79,82)/b13-11-,19-17-,24-22-,30-28-. The maximum absolute atomic E-state index is 12.5. The van der Waals surface area contributed by atoms with Crippen molar-refractivity contribution < 1.29 is 24.5 Å². The fraction of sp³-hybridized carbons (Fsp3) is 0.872. The molecule has 0 spiro atoms. The molecule has 0 aromatic carbocycles. The van der Waals surface area contributed by atoms with Gasteiger partial charge in [0.1, 0.15) is 0 Å². The van der Waals surface area contributed by atoms with Crippen molar-refractivity contribution in [1.82, 2.24) is 5.32 Å². The van der Waals surface area contributed by atoms with Gasteiger partial charge in [0, 0.05) is 12.8 Å². The van der Waals surface area contributed by atoms with Crippen molar-refractivity contribution in [3.63, 3.8) is 0 Å². The summed E-state index contributed by atoms with van der Waals surface area (Å²) in [5.41, 5.74) is 0. The molecule has 0 saturated heterocycles. The van der Waals surface area contributed by atoms with E-state index in [1.54, 1.807) is 0 Å². The Morgan fingerprint density at radius 2 is 0.595 bits per heavy atom. The molecule has 0 aliphatic heterocycles. The fourth-order valence-electron chi connectivity index (χ4n) is 11.8. The molecule has 494 valence electrons. The van der Waals surface area contributed by atoms with Gasteiger partial charge in [-0.1, -0.05) is 358 Å². The maximum Gasteiger partial charge on any atom is 0.305 e. The molecule has 0 rings (SSSR count). The Labute approximate surface area is 525 Å². The van der Waals surface area contributed by atoms with Gasteiger partial charge in [-0.2, -0.15) is 0 Å². The van der Waals surface area contributed by atoms with Crippen LogP contribution in [0.3, 0.4) is 0 Å². The number of carbonyl (C=O) groups is 2. The molecular formula is C78H147NO5. The summed E-state index contributed by atoms with van der Waals surface area (Å²) < 4.78 is 5.50. The highest BCUT2D eigenvalue weighted by molar-refractivity contribution is 5.76. The van der Waals surface area contributed by atoms with Crippen LogP contribution in [0.5, 0.6) is 0 Å². The van der Waals surface area contributed by atoms with Gasteiger partial charge in [0.05, 0.1) is 25.4 Å². The summed E-state index contributed by atoms with van der Waals surface area (Å²) in [6.45, 7) is 4.95. The number of aliphatic hydroxyl groups is 2.